The summed E-state index contributed by atoms with van der Waals surface area (Å²) in [4.78, 5) is 10.5. The standard InChI is InChI=1S/C21H28O6/c22-16(14-26-17-8-4-3-5-9-17)12-13-20-18(19(23)15-27-20)10-6-1-2-7-11-21(24)25/h1,3-6,8-9,12-13,16,18-20,22-23H,2,7,10-11,14-15H2,(H,24,25)/t16-,18+,19+,20-/m1/s1. The number of aliphatic hydroxyl groups is 2. The van der Waals surface area contributed by atoms with Gasteiger partial charge in [0.1, 0.15) is 18.5 Å². The number of carbonyl (C=O) groups is 1. The summed E-state index contributed by atoms with van der Waals surface area (Å²) in [6, 6.07) is 9.28. The number of aliphatic carboxylic acids is 1. The van der Waals surface area contributed by atoms with Crippen LogP contribution in [0.15, 0.2) is 54.6 Å². The van der Waals surface area contributed by atoms with E-state index in [2.05, 4.69) is 0 Å². The number of para-hydroxylation sites is 1. The molecular weight excluding hydrogens is 348 g/mol. The molecule has 0 spiro atoms. The second kappa shape index (κ2) is 11.5. The van der Waals surface area contributed by atoms with E-state index in [9.17, 15) is 15.0 Å². The van der Waals surface area contributed by atoms with Gasteiger partial charge in [0.15, 0.2) is 0 Å². The fourth-order valence-electron chi connectivity index (χ4n) is 2.90. The van der Waals surface area contributed by atoms with E-state index in [4.69, 9.17) is 14.6 Å². The summed E-state index contributed by atoms with van der Waals surface area (Å²) in [6.07, 6.45) is 7.83. The predicted molar refractivity (Wildman–Crippen MR) is 102 cm³/mol. The molecule has 0 bridgehead atoms. The molecule has 1 fully saturated rings. The van der Waals surface area contributed by atoms with E-state index >= 15 is 0 Å². The molecule has 0 radical (unpaired) electrons. The van der Waals surface area contributed by atoms with E-state index in [-0.39, 0.29) is 31.7 Å². The summed E-state index contributed by atoms with van der Waals surface area (Å²) in [5, 5.41) is 28.8. The molecule has 6 nitrogen and oxygen atoms in total. The molecule has 0 aromatic heterocycles. The molecule has 1 heterocycles. The number of ether oxygens (including phenoxy) is 2. The number of hydrogen-bond acceptors (Lipinski definition) is 5. The average Bonchev–Trinajstić information content (AvgIpc) is 3.01. The fraction of sp³-hybridized carbons (Fsp3) is 0.476. The number of rotatable bonds is 11. The minimum atomic E-state index is -0.789. The van der Waals surface area contributed by atoms with Crippen LogP contribution in [0.3, 0.4) is 0 Å². The number of aliphatic hydroxyl groups excluding tert-OH is 2. The molecule has 0 amide bonds. The van der Waals surface area contributed by atoms with Gasteiger partial charge in [-0.3, -0.25) is 4.79 Å². The van der Waals surface area contributed by atoms with Gasteiger partial charge < -0.3 is 24.8 Å². The zero-order chi connectivity index (χ0) is 19.5. The topological polar surface area (TPSA) is 96.2 Å². The zero-order valence-electron chi connectivity index (χ0n) is 15.3. The Hall–Kier alpha value is -2.15. The lowest BCUT2D eigenvalue weighted by Gasteiger charge is -2.16. The molecule has 1 aromatic carbocycles. The van der Waals surface area contributed by atoms with Crippen LogP contribution < -0.4 is 4.74 Å². The van der Waals surface area contributed by atoms with Gasteiger partial charge in [-0.1, -0.05) is 42.5 Å². The number of allylic oxidation sites excluding steroid dienone is 2. The number of hydrogen-bond donors (Lipinski definition) is 3. The van der Waals surface area contributed by atoms with Crippen molar-refractivity contribution in [1.82, 2.24) is 0 Å². The van der Waals surface area contributed by atoms with Gasteiger partial charge in [-0.15, -0.1) is 0 Å². The normalized spacial score (nSPS) is 23.9. The minimum absolute atomic E-state index is 0.0841. The van der Waals surface area contributed by atoms with Crippen molar-refractivity contribution in [2.24, 2.45) is 5.92 Å². The van der Waals surface area contributed by atoms with Crippen LogP contribution in [0.2, 0.25) is 0 Å². The Kier molecular flexibility index (Phi) is 9.04. The first-order chi connectivity index (χ1) is 13.1. The van der Waals surface area contributed by atoms with Gasteiger partial charge in [0.25, 0.3) is 0 Å². The first kappa shape index (κ1) is 21.2. The Morgan fingerprint density at radius 1 is 1.30 bits per heavy atom. The van der Waals surface area contributed by atoms with Crippen LogP contribution in [0.25, 0.3) is 0 Å². The molecule has 0 unspecified atom stereocenters. The Labute approximate surface area is 159 Å². The first-order valence-corrected chi connectivity index (χ1v) is 9.27. The molecule has 1 aliphatic heterocycles. The first-order valence-electron chi connectivity index (χ1n) is 9.27. The summed E-state index contributed by atoms with van der Waals surface area (Å²) in [5.41, 5.74) is 0. The highest BCUT2D eigenvalue weighted by atomic mass is 16.5. The maximum absolute atomic E-state index is 10.5. The van der Waals surface area contributed by atoms with E-state index in [1.807, 2.05) is 42.5 Å². The fourth-order valence-corrected chi connectivity index (χ4v) is 2.90. The number of benzene rings is 1. The van der Waals surface area contributed by atoms with E-state index in [0.717, 1.165) is 0 Å². The number of carboxylic acid groups (broad SMARTS) is 1. The molecule has 27 heavy (non-hydrogen) atoms. The van der Waals surface area contributed by atoms with Gasteiger partial charge >= 0.3 is 5.97 Å². The van der Waals surface area contributed by atoms with Crippen LogP contribution in [0, 0.1) is 5.92 Å². The summed E-state index contributed by atoms with van der Waals surface area (Å²) >= 11 is 0. The lowest BCUT2D eigenvalue weighted by molar-refractivity contribution is -0.137. The van der Waals surface area contributed by atoms with Crippen LogP contribution in [0.4, 0.5) is 0 Å². The highest BCUT2D eigenvalue weighted by molar-refractivity contribution is 5.66. The number of unbranched alkanes of at least 4 members (excludes halogenated alkanes) is 1. The average molecular weight is 376 g/mol. The quantitative estimate of drug-likeness (QED) is 0.406. The lowest BCUT2D eigenvalue weighted by Crippen LogP contribution is -2.23. The van der Waals surface area contributed by atoms with Crippen LogP contribution in [-0.4, -0.2) is 52.8 Å². The van der Waals surface area contributed by atoms with Crippen LogP contribution in [0.5, 0.6) is 5.75 Å². The van der Waals surface area contributed by atoms with Crippen molar-refractivity contribution in [3.05, 3.63) is 54.6 Å². The largest absolute Gasteiger partial charge is 0.491 e. The molecular formula is C21H28O6. The van der Waals surface area contributed by atoms with Gasteiger partial charge in [-0.25, -0.2) is 0 Å². The highest BCUT2D eigenvalue weighted by Crippen LogP contribution is 2.26. The monoisotopic (exact) mass is 376 g/mol. The Bertz CT molecular complexity index is 612. The van der Waals surface area contributed by atoms with Crippen molar-refractivity contribution in [3.8, 4) is 5.75 Å². The molecule has 148 valence electrons. The molecule has 0 saturated carbocycles. The van der Waals surface area contributed by atoms with Gasteiger partial charge in [0.05, 0.1) is 18.8 Å². The van der Waals surface area contributed by atoms with E-state index in [0.29, 0.717) is 25.0 Å². The lowest BCUT2D eigenvalue weighted by atomic mass is 9.94. The zero-order valence-corrected chi connectivity index (χ0v) is 15.3. The van der Waals surface area contributed by atoms with Crippen molar-refractivity contribution in [1.29, 1.82) is 0 Å². The minimum Gasteiger partial charge on any atom is -0.491 e. The van der Waals surface area contributed by atoms with Gasteiger partial charge in [-0.2, -0.15) is 0 Å². The molecule has 1 saturated heterocycles. The molecule has 1 aromatic rings. The molecule has 1 aliphatic rings. The summed E-state index contributed by atoms with van der Waals surface area (Å²) < 4.78 is 11.1. The van der Waals surface area contributed by atoms with Crippen molar-refractivity contribution < 1.29 is 29.6 Å². The van der Waals surface area contributed by atoms with Crippen molar-refractivity contribution in [2.75, 3.05) is 13.2 Å². The van der Waals surface area contributed by atoms with E-state index < -0.39 is 18.2 Å². The van der Waals surface area contributed by atoms with Gasteiger partial charge in [-0.05, 0) is 31.4 Å². The number of carboxylic acids is 1. The molecule has 2 rings (SSSR count). The molecule has 0 aliphatic carbocycles. The highest BCUT2D eigenvalue weighted by Gasteiger charge is 2.33. The van der Waals surface area contributed by atoms with Crippen LogP contribution in [-0.2, 0) is 9.53 Å². The van der Waals surface area contributed by atoms with Crippen molar-refractivity contribution in [3.63, 3.8) is 0 Å². The molecule has 3 N–H and O–H groups in total. The Morgan fingerprint density at radius 3 is 2.81 bits per heavy atom. The summed E-state index contributed by atoms with van der Waals surface area (Å²) in [5.74, 6) is -0.175. The third-order valence-corrected chi connectivity index (χ3v) is 4.40. The van der Waals surface area contributed by atoms with E-state index in [1.165, 1.54) is 0 Å². The summed E-state index contributed by atoms with van der Waals surface area (Å²) in [7, 11) is 0. The van der Waals surface area contributed by atoms with Crippen LogP contribution >= 0.6 is 0 Å². The van der Waals surface area contributed by atoms with Crippen molar-refractivity contribution >= 4 is 5.97 Å². The second-order valence-corrected chi connectivity index (χ2v) is 6.60. The Balaban J connectivity index is 1.75. The van der Waals surface area contributed by atoms with Crippen LogP contribution in [0.1, 0.15) is 25.7 Å². The second-order valence-electron chi connectivity index (χ2n) is 6.60. The van der Waals surface area contributed by atoms with Crippen molar-refractivity contribution in [2.45, 2.75) is 44.0 Å². The Morgan fingerprint density at radius 2 is 2.07 bits per heavy atom. The molecule has 6 heteroatoms. The maximum Gasteiger partial charge on any atom is 0.303 e. The smallest absolute Gasteiger partial charge is 0.303 e. The summed E-state index contributed by atoms with van der Waals surface area (Å²) in [6.45, 7) is 0.410. The predicted octanol–water partition coefficient (Wildman–Crippen LogP) is 2.56. The third-order valence-electron chi connectivity index (χ3n) is 4.40. The van der Waals surface area contributed by atoms with Gasteiger partial charge in [0.2, 0.25) is 0 Å². The molecule has 4 atom stereocenters. The third kappa shape index (κ3) is 7.95. The van der Waals surface area contributed by atoms with Gasteiger partial charge in [0, 0.05) is 12.3 Å². The SMILES string of the molecule is O=C(O)CCCC=CC[C@H]1[C@@H](O)CO[C@@H]1C=C[C@@H](O)COc1ccccc1. The maximum atomic E-state index is 10.5. The van der Waals surface area contributed by atoms with E-state index in [1.54, 1.807) is 12.2 Å².